The highest BCUT2D eigenvalue weighted by Gasteiger charge is 2.30. The van der Waals surface area contributed by atoms with Crippen LogP contribution in [0.1, 0.15) is 6.42 Å². The van der Waals surface area contributed by atoms with Gasteiger partial charge in [-0.2, -0.15) is 0 Å². The molecule has 3 atom stereocenters. The van der Waals surface area contributed by atoms with Crippen molar-refractivity contribution >= 4 is 57.9 Å². The molecule has 2 aliphatic rings. The Bertz CT molecular complexity index is 1470. The number of halogens is 2. The van der Waals surface area contributed by atoms with Crippen LogP contribution in [0.15, 0.2) is 36.0 Å². The van der Waals surface area contributed by atoms with Gasteiger partial charge >= 0.3 is 0 Å². The molecule has 13 heteroatoms. The van der Waals surface area contributed by atoms with Gasteiger partial charge in [0.1, 0.15) is 23.1 Å². The van der Waals surface area contributed by atoms with Gasteiger partial charge < -0.3 is 29.2 Å². The lowest BCUT2D eigenvalue weighted by molar-refractivity contribution is -0.113. The Morgan fingerprint density at radius 1 is 1.17 bits per heavy atom. The maximum Gasteiger partial charge on any atom is 0.268 e. The summed E-state index contributed by atoms with van der Waals surface area (Å²) in [6.07, 6.45) is 5.37. The number of amides is 1. The molecular formula is C28H30Cl2N6O5. The summed E-state index contributed by atoms with van der Waals surface area (Å²) in [6.45, 7) is 5.73. The highest BCUT2D eigenvalue weighted by Crippen LogP contribution is 2.46. The van der Waals surface area contributed by atoms with Crippen molar-refractivity contribution in [2.45, 2.75) is 18.6 Å². The zero-order valence-corrected chi connectivity index (χ0v) is 24.4. The molecule has 3 aromatic rings. The number of fused-ring (bicyclic) bond motifs is 1. The molecule has 0 aliphatic carbocycles. The first-order valence-electron chi connectivity index (χ1n) is 13.0. The molecule has 216 valence electrons. The molecule has 5 rings (SSSR count). The zero-order valence-electron chi connectivity index (χ0n) is 22.9. The molecule has 4 heterocycles. The quantitative estimate of drug-likeness (QED) is 0.278. The molecule has 2 aromatic heterocycles. The number of aromatic nitrogens is 3. The Morgan fingerprint density at radius 2 is 1.93 bits per heavy atom. The van der Waals surface area contributed by atoms with Crippen LogP contribution in [-0.2, 0) is 14.3 Å². The summed E-state index contributed by atoms with van der Waals surface area (Å²) in [6, 6.07) is 3.40. The minimum absolute atomic E-state index is 0.0703. The topological polar surface area (TPSA) is 120 Å². The summed E-state index contributed by atoms with van der Waals surface area (Å²) < 4.78 is 22.2. The average Bonchev–Trinajstić information content (AvgIpc) is 3.65. The molecule has 1 aromatic carbocycles. The van der Waals surface area contributed by atoms with Crippen LogP contribution in [0.2, 0.25) is 10.0 Å². The van der Waals surface area contributed by atoms with Gasteiger partial charge in [-0.25, -0.2) is 19.9 Å². The van der Waals surface area contributed by atoms with E-state index in [1.807, 2.05) is 6.07 Å². The Morgan fingerprint density at radius 3 is 2.59 bits per heavy atom. The van der Waals surface area contributed by atoms with Crippen molar-refractivity contribution in [1.29, 1.82) is 0 Å². The van der Waals surface area contributed by atoms with Crippen molar-refractivity contribution < 1.29 is 23.7 Å². The Kier molecular flexibility index (Phi) is 8.88. The van der Waals surface area contributed by atoms with E-state index >= 15 is 0 Å². The molecule has 0 bridgehead atoms. The van der Waals surface area contributed by atoms with Crippen molar-refractivity contribution in [3.8, 4) is 22.9 Å². The second-order valence-corrected chi connectivity index (χ2v) is 10.4. The van der Waals surface area contributed by atoms with Crippen LogP contribution < -0.4 is 19.7 Å². The van der Waals surface area contributed by atoms with Crippen molar-refractivity contribution in [3.63, 3.8) is 0 Å². The van der Waals surface area contributed by atoms with Crippen molar-refractivity contribution in [2.75, 3.05) is 57.8 Å². The maximum atomic E-state index is 11.6. The number of hydrogen-bond acceptors (Lipinski definition) is 10. The molecule has 2 fully saturated rings. The lowest BCUT2D eigenvalue weighted by Crippen LogP contribution is -2.29. The van der Waals surface area contributed by atoms with Crippen LogP contribution >= 0.6 is 23.2 Å². The van der Waals surface area contributed by atoms with Crippen LogP contribution in [-0.4, -0.2) is 86.9 Å². The molecule has 0 radical (unpaired) electrons. The number of pyridine rings is 1. The molecule has 11 nitrogen and oxygen atoms in total. The van der Waals surface area contributed by atoms with Crippen molar-refractivity contribution in [2.24, 2.45) is 10.9 Å². The number of carbonyl (C=O) groups is 1. The average molecular weight is 601 g/mol. The summed E-state index contributed by atoms with van der Waals surface area (Å²) in [5, 5.41) is 4.75. The number of nitrogens with one attached hydrogen (secondary N) is 1. The van der Waals surface area contributed by atoms with Gasteiger partial charge in [0.05, 0.1) is 66.9 Å². The molecule has 0 saturated carbocycles. The second kappa shape index (κ2) is 12.6. The number of hydrogen-bond donors (Lipinski definition) is 1. The van der Waals surface area contributed by atoms with Crippen molar-refractivity contribution in [3.05, 3.63) is 41.0 Å². The van der Waals surface area contributed by atoms with Gasteiger partial charge in [-0.1, -0.05) is 29.8 Å². The number of nitrogens with zero attached hydrogens (tertiary/aromatic N) is 5. The monoisotopic (exact) mass is 600 g/mol. The molecule has 41 heavy (non-hydrogen) atoms. The van der Waals surface area contributed by atoms with E-state index < -0.39 is 5.91 Å². The number of benzene rings is 1. The summed E-state index contributed by atoms with van der Waals surface area (Å²) in [7, 11) is 4.74. The lowest BCUT2D eigenvalue weighted by Gasteiger charge is -2.22. The van der Waals surface area contributed by atoms with Gasteiger partial charge in [-0.3, -0.25) is 4.79 Å². The largest absolute Gasteiger partial charge is 0.495 e. The molecule has 0 spiro atoms. The SMILES string of the molecule is C=CC(=O)N=C[C@H]1COC[C@H]1Nc1cc2c(N3CCC(OC)C3)nc(-c3c(Cl)c(OC)cc(OC)c3Cl)nc2cn1. The second-order valence-electron chi connectivity index (χ2n) is 9.61. The molecular weight excluding hydrogens is 571 g/mol. The normalized spacial score (nSPS) is 20.6. The third-order valence-corrected chi connectivity index (χ3v) is 7.91. The molecule has 2 saturated heterocycles. The van der Waals surface area contributed by atoms with Crippen LogP contribution in [0.4, 0.5) is 11.6 Å². The van der Waals surface area contributed by atoms with E-state index in [0.29, 0.717) is 59.8 Å². The zero-order chi connectivity index (χ0) is 29.1. The van der Waals surface area contributed by atoms with E-state index in [1.54, 1.807) is 25.6 Å². The number of methoxy groups -OCH3 is 3. The summed E-state index contributed by atoms with van der Waals surface area (Å²) in [4.78, 5) is 32.1. The predicted molar refractivity (Wildman–Crippen MR) is 159 cm³/mol. The Balaban J connectivity index is 1.58. The maximum absolute atomic E-state index is 11.6. The predicted octanol–water partition coefficient (Wildman–Crippen LogP) is 4.45. The number of rotatable bonds is 9. The van der Waals surface area contributed by atoms with Gasteiger partial charge in [0.2, 0.25) is 0 Å². The summed E-state index contributed by atoms with van der Waals surface area (Å²) in [5.41, 5.74) is 0.999. The number of anilines is 2. The third-order valence-electron chi connectivity index (χ3n) is 7.16. The van der Waals surface area contributed by atoms with Crippen LogP contribution in [0.3, 0.4) is 0 Å². The first-order chi connectivity index (χ1) is 19.9. The van der Waals surface area contributed by atoms with E-state index in [2.05, 4.69) is 26.8 Å². The van der Waals surface area contributed by atoms with E-state index in [9.17, 15) is 4.79 Å². The highest BCUT2D eigenvalue weighted by atomic mass is 35.5. The summed E-state index contributed by atoms with van der Waals surface area (Å²) >= 11 is 13.4. The van der Waals surface area contributed by atoms with Crippen LogP contribution in [0.25, 0.3) is 22.3 Å². The number of ether oxygens (including phenoxy) is 4. The third kappa shape index (κ3) is 5.94. The van der Waals surface area contributed by atoms with Gasteiger partial charge in [-0.15, -0.1) is 0 Å². The molecule has 2 aliphatic heterocycles. The van der Waals surface area contributed by atoms with Crippen LogP contribution in [0, 0.1) is 5.92 Å². The number of aliphatic imine (C=N–C) groups is 1. The first-order valence-corrected chi connectivity index (χ1v) is 13.7. The fraction of sp³-hybridized carbons (Fsp3) is 0.393. The Labute approximate surface area is 247 Å². The van der Waals surface area contributed by atoms with Gasteiger partial charge in [0.25, 0.3) is 5.91 Å². The van der Waals surface area contributed by atoms with E-state index in [1.165, 1.54) is 20.3 Å². The fourth-order valence-corrected chi connectivity index (χ4v) is 5.59. The van der Waals surface area contributed by atoms with Gasteiger partial charge in [0.15, 0.2) is 5.82 Å². The van der Waals surface area contributed by atoms with E-state index in [4.69, 9.17) is 52.1 Å². The van der Waals surface area contributed by atoms with Crippen molar-refractivity contribution in [1.82, 2.24) is 15.0 Å². The van der Waals surface area contributed by atoms with E-state index in [-0.39, 0.29) is 28.1 Å². The van der Waals surface area contributed by atoms with Gasteiger partial charge in [-0.05, 0) is 18.6 Å². The molecule has 1 N–H and O–H groups in total. The van der Waals surface area contributed by atoms with E-state index in [0.717, 1.165) is 18.4 Å². The molecule has 1 amide bonds. The summed E-state index contributed by atoms with van der Waals surface area (Å²) in [5.74, 6) is 1.89. The lowest BCUT2D eigenvalue weighted by atomic mass is 10.1. The smallest absolute Gasteiger partial charge is 0.268 e. The number of carbonyl (C=O) groups excluding carboxylic acids is 1. The minimum Gasteiger partial charge on any atom is -0.495 e. The Hall–Kier alpha value is -3.51. The van der Waals surface area contributed by atoms with Gasteiger partial charge in [0, 0.05) is 43.8 Å². The highest BCUT2D eigenvalue weighted by molar-refractivity contribution is 6.41. The molecule has 1 unspecified atom stereocenters. The fourth-order valence-electron chi connectivity index (χ4n) is 4.92. The first kappa shape index (κ1) is 29.0. The minimum atomic E-state index is -0.397. The van der Waals surface area contributed by atoms with Crippen LogP contribution in [0.5, 0.6) is 11.5 Å². The standard InChI is InChI=1S/C28H30Cl2N6O5/c1-5-23(37)32-10-15-13-41-14-19(15)33-22-8-17-18(11-31-22)34-27(35-28(17)36-7-6-16(12-36)38-2)24-25(29)20(39-3)9-21(40-4)26(24)30/h5,8-11,15-16,19H,1,6-7,12-14H2,2-4H3,(H,31,33)/t15-,16?,19+/m0/s1.